The van der Waals surface area contributed by atoms with Gasteiger partial charge in [-0.1, -0.05) is 30.3 Å². The number of hydrogen-bond acceptors (Lipinski definition) is 4. The number of aromatic nitrogens is 2. The summed E-state index contributed by atoms with van der Waals surface area (Å²) in [6, 6.07) is 12.1. The topological polar surface area (TPSA) is 58.2 Å². The van der Waals surface area contributed by atoms with E-state index in [0.717, 1.165) is 45.0 Å². The summed E-state index contributed by atoms with van der Waals surface area (Å²) in [6.45, 7) is 4.31. The van der Waals surface area contributed by atoms with Gasteiger partial charge in [0.1, 0.15) is 0 Å². The first-order valence-electron chi connectivity index (χ1n) is 7.67. The van der Waals surface area contributed by atoms with E-state index in [1.54, 1.807) is 6.07 Å². The fourth-order valence-electron chi connectivity index (χ4n) is 2.88. The molecule has 0 amide bonds. The molecular formula is C17H21N3O2. The average Bonchev–Trinajstić information content (AvgIpc) is 2.73. The molecule has 0 radical (unpaired) electrons. The molecule has 1 atom stereocenters. The van der Waals surface area contributed by atoms with Crippen LogP contribution in [0, 0.1) is 5.92 Å². The van der Waals surface area contributed by atoms with Crippen LogP contribution in [0.15, 0.2) is 47.5 Å². The number of hydrogen-bond donors (Lipinski definition) is 1. The van der Waals surface area contributed by atoms with Gasteiger partial charge in [0.25, 0.3) is 5.56 Å². The van der Waals surface area contributed by atoms with Crippen LogP contribution in [0.2, 0.25) is 0 Å². The van der Waals surface area contributed by atoms with Crippen molar-refractivity contribution in [1.82, 2.24) is 14.9 Å². The van der Waals surface area contributed by atoms with Crippen molar-refractivity contribution in [2.75, 3.05) is 26.3 Å². The minimum absolute atomic E-state index is 0.0966. The molecule has 0 aliphatic carbocycles. The van der Waals surface area contributed by atoms with Crippen LogP contribution in [0.4, 0.5) is 0 Å². The number of nitrogens with zero attached hydrogens (tertiary/aromatic N) is 2. The number of benzene rings is 1. The van der Waals surface area contributed by atoms with E-state index >= 15 is 0 Å². The lowest BCUT2D eigenvalue weighted by Crippen LogP contribution is -2.30. The maximum Gasteiger partial charge on any atom is 0.250 e. The van der Waals surface area contributed by atoms with Gasteiger partial charge in [0.15, 0.2) is 0 Å². The maximum atomic E-state index is 11.4. The molecule has 1 N–H and O–H groups in total. The molecule has 0 spiro atoms. The molecular weight excluding hydrogens is 278 g/mol. The molecule has 116 valence electrons. The molecule has 1 aromatic carbocycles. The summed E-state index contributed by atoms with van der Waals surface area (Å²) >= 11 is 0. The maximum absolute atomic E-state index is 11.4. The Balaban J connectivity index is 1.63. The van der Waals surface area contributed by atoms with Gasteiger partial charge in [0.2, 0.25) is 0 Å². The lowest BCUT2D eigenvalue weighted by molar-refractivity contribution is 0.121. The van der Waals surface area contributed by atoms with E-state index < -0.39 is 0 Å². The molecule has 2 aromatic rings. The molecule has 1 saturated heterocycles. The highest BCUT2D eigenvalue weighted by Gasteiger charge is 2.19. The summed E-state index contributed by atoms with van der Waals surface area (Å²) in [4.78, 5) is 20.6. The van der Waals surface area contributed by atoms with Crippen molar-refractivity contribution in [3.63, 3.8) is 0 Å². The first-order valence-corrected chi connectivity index (χ1v) is 7.67. The van der Waals surface area contributed by atoms with Crippen molar-refractivity contribution < 1.29 is 4.74 Å². The van der Waals surface area contributed by atoms with Gasteiger partial charge in [-0.25, -0.2) is 4.98 Å². The van der Waals surface area contributed by atoms with E-state index in [1.807, 2.05) is 6.07 Å². The van der Waals surface area contributed by atoms with Gasteiger partial charge < -0.3 is 9.72 Å². The van der Waals surface area contributed by atoms with E-state index in [0.29, 0.717) is 5.92 Å². The summed E-state index contributed by atoms with van der Waals surface area (Å²) in [5.74, 6) is 0.362. The second kappa shape index (κ2) is 7.33. The zero-order valence-electron chi connectivity index (χ0n) is 12.6. The monoisotopic (exact) mass is 299 g/mol. The quantitative estimate of drug-likeness (QED) is 0.928. The van der Waals surface area contributed by atoms with Gasteiger partial charge in [0.05, 0.1) is 19.5 Å². The van der Waals surface area contributed by atoms with Crippen LogP contribution in [0.3, 0.4) is 0 Å². The van der Waals surface area contributed by atoms with Crippen molar-refractivity contribution >= 4 is 0 Å². The zero-order chi connectivity index (χ0) is 15.2. The SMILES string of the molecule is O=c1cc(CC2COCCN(Cc3ccccc3)C2)nc[nH]1. The molecule has 1 unspecified atom stereocenters. The molecule has 5 heteroatoms. The highest BCUT2D eigenvalue weighted by atomic mass is 16.5. The predicted molar refractivity (Wildman–Crippen MR) is 84.6 cm³/mol. The zero-order valence-corrected chi connectivity index (χ0v) is 12.6. The van der Waals surface area contributed by atoms with E-state index in [1.165, 1.54) is 11.9 Å². The molecule has 0 bridgehead atoms. The summed E-state index contributed by atoms with van der Waals surface area (Å²) in [6.07, 6.45) is 2.24. The Bertz CT molecular complexity index is 642. The van der Waals surface area contributed by atoms with Crippen LogP contribution in [-0.2, 0) is 17.7 Å². The first kappa shape index (κ1) is 14.9. The van der Waals surface area contributed by atoms with Gasteiger partial charge in [-0.2, -0.15) is 0 Å². The largest absolute Gasteiger partial charge is 0.380 e. The summed E-state index contributed by atoms with van der Waals surface area (Å²) in [5, 5.41) is 0. The average molecular weight is 299 g/mol. The second-order valence-electron chi connectivity index (χ2n) is 5.77. The Morgan fingerprint density at radius 2 is 2.18 bits per heavy atom. The van der Waals surface area contributed by atoms with Gasteiger partial charge >= 0.3 is 0 Å². The third-order valence-electron chi connectivity index (χ3n) is 3.90. The highest BCUT2D eigenvalue weighted by Crippen LogP contribution is 2.14. The normalized spacial score (nSPS) is 19.7. The predicted octanol–water partition coefficient (Wildman–Crippen LogP) is 1.46. The van der Waals surface area contributed by atoms with Crippen molar-refractivity contribution in [3.05, 3.63) is 64.3 Å². The summed E-state index contributed by atoms with van der Waals surface area (Å²) in [5.41, 5.74) is 2.05. The Kier molecular flexibility index (Phi) is 4.98. The molecule has 1 aliphatic heterocycles. The minimum Gasteiger partial charge on any atom is -0.380 e. The van der Waals surface area contributed by atoms with Crippen molar-refractivity contribution in [2.45, 2.75) is 13.0 Å². The number of ether oxygens (including phenoxy) is 1. The van der Waals surface area contributed by atoms with E-state index in [-0.39, 0.29) is 5.56 Å². The fraction of sp³-hybridized carbons (Fsp3) is 0.412. The number of rotatable bonds is 4. The third kappa shape index (κ3) is 4.26. The third-order valence-corrected chi connectivity index (χ3v) is 3.90. The van der Waals surface area contributed by atoms with Gasteiger partial charge in [0, 0.05) is 37.3 Å². The first-order chi connectivity index (χ1) is 10.8. The van der Waals surface area contributed by atoms with Gasteiger partial charge in [-0.05, 0) is 12.0 Å². The summed E-state index contributed by atoms with van der Waals surface area (Å²) < 4.78 is 5.72. The minimum atomic E-state index is -0.0966. The van der Waals surface area contributed by atoms with Crippen LogP contribution in [0.1, 0.15) is 11.3 Å². The molecule has 1 aliphatic rings. The Morgan fingerprint density at radius 3 is 3.00 bits per heavy atom. The van der Waals surface area contributed by atoms with Crippen molar-refractivity contribution in [1.29, 1.82) is 0 Å². The fourth-order valence-corrected chi connectivity index (χ4v) is 2.88. The second-order valence-corrected chi connectivity index (χ2v) is 5.77. The molecule has 2 heterocycles. The molecule has 5 nitrogen and oxygen atoms in total. The molecule has 1 fully saturated rings. The van der Waals surface area contributed by atoms with E-state index in [4.69, 9.17) is 4.74 Å². The molecule has 0 saturated carbocycles. The Morgan fingerprint density at radius 1 is 1.32 bits per heavy atom. The summed E-state index contributed by atoms with van der Waals surface area (Å²) in [7, 11) is 0. The number of nitrogens with one attached hydrogen (secondary N) is 1. The van der Waals surface area contributed by atoms with Crippen LogP contribution < -0.4 is 5.56 Å². The van der Waals surface area contributed by atoms with Crippen molar-refractivity contribution in [3.8, 4) is 0 Å². The van der Waals surface area contributed by atoms with E-state index in [2.05, 4.69) is 39.1 Å². The lowest BCUT2D eigenvalue weighted by atomic mass is 10.0. The number of aromatic amines is 1. The van der Waals surface area contributed by atoms with Crippen LogP contribution in [-0.4, -0.2) is 41.2 Å². The van der Waals surface area contributed by atoms with Crippen LogP contribution in [0.25, 0.3) is 0 Å². The van der Waals surface area contributed by atoms with Gasteiger partial charge in [-0.15, -0.1) is 0 Å². The van der Waals surface area contributed by atoms with E-state index in [9.17, 15) is 4.79 Å². The van der Waals surface area contributed by atoms with Gasteiger partial charge in [-0.3, -0.25) is 9.69 Å². The molecule has 22 heavy (non-hydrogen) atoms. The van der Waals surface area contributed by atoms with Crippen LogP contribution >= 0.6 is 0 Å². The Hall–Kier alpha value is -1.98. The Labute approximate surface area is 130 Å². The van der Waals surface area contributed by atoms with Crippen molar-refractivity contribution in [2.24, 2.45) is 5.92 Å². The highest BCUT2D eigenvalue weighted by molar-refractivity contribution is 5.14. The van der Waals surface area contributed by atoms with Crippen LogP contribution in [0.5, 0.6) is 0 Å². The molecule has 1 aromatic heterocycles. The molecule has 3 rings (SSSR count). The standard InChI is InChI=1S/C17H21N3O2/c21-17-9-16(18-13-19-17)8-15-11-20(6-7-22-12-15)10-14-4-2-1-3-5-14/h1-5,9,13,15H,6-8,10-12H2,(H,18,19,21). The lowest BCUT2D eigenvalue weighted by Gasteiger charge is -2.23. The smallest absolute Gasteiger partial charge is 0.250 e. The number of H-pyrrole nitrogens is 1.